The zero-order chi connectivity index (χ0) is 16.1. The molecule has 0 aromatic heterocycles. The van der Waals surface area contributed by atoms with Gasteiger partial charge < -0.3 is 14.4 Å². The predicted octanol–water partition coefficient (Wildman–Crippen LogP) is 3.74. The first-order valence-corrected chi connectivity index (χ1v) is 8.23. The van der Waals surface area contributed by atoms with Crippen LogP contribution in [0, 0.1) is 5.92 Å². The summed E-state index contributed by atoms with van der Waals surface area (Å²) in [5.41, 5.74) is 0.892. The monoisotopic (exact) mass is 367 g/mol. The number of carbonyl (C=O) groups is 1. The number of methoxy groups -OCH3 is 2. The molecular formula is C17H22BrNO3. The van der Waals surface area contributed by atoms with E-state index < -0.39 is 0 Å². The fourth-order valence-corrected chi connectivity index (χ4v) is 3.16. The van der Waals surface area contributed by atoms with Crippen LogP contribution >= 0.6 is 15.9 Å². The zero-order valence-electron chi connectivity index (χ0n) is 13.3. The Kier molecular flexibility index (Phi) is 5.89. The van der Waals surface area contributed by atoms with Crippen LogP contribution in [-0.2, 0) is 4.79 Å². The molecule has 1 aliphatic rings. The quantitative estimate of drug-likeness (QED) is 0.760. The van der Waals surface area contributed by atoms with Crippen molar-refractivity contribution in [2.75, 3.05) is 27.3 Å². The highest BCUT2D eigenvalue weighted by Gasteiger charge is 2.18. The minimum absolute atomic E-state index is 0.0674. The summed E-state index contributed by atoms with van der Waals surface area (Å²) in [7, 11) is 3.19. The number of carbonyl (C=O) groups excluding carboxylic acids is 1. The number of hydrogen-bond acceptors (Lipinski definition) is 3. The summed E-state index contributed by atoms with van der Waals surface area (Å²) >= 11 is 3.45. The number of ether oxygens (including phenoxy) is 2. The van der Waals surface area contributed by atoms with Crippen LogP contribution in [-0.4, -0.2) is 38.1 Å². The highest BCUT2D eigenvalue weighted by atomic mass is 79.9. The molecule has 22 heavy (non-hydrogen) atoms. The average molecular weight is 368 g/mol. The Bertz CT molecular complexity index is 563. The number of hydrogen-bond donors (Lipinski definition) is 0. The van der Waals surface area contributed by atoms with Crippen LogP contribution in [0.15, 0.2) is 22.7 Å². The third-order valence-electron chi connectivity index (χ3n) is 3.97. The molecule has 4 nitrogen and oxygen atoms in total. The van der Waals surface area contributed by atoms with Crippen LogP contribution in [0.3, 0.4) is 0 Å². The van der Waals surface area contributed by atoms with Crippen molar-refractivity contribution in [2.45, 2.75) is 19.8 Å². The van der Waals surface area contributed by atoms with Crippen LogP contribution in [0.5, 0.6) is 11.5 Å². The van der Waals surface area contributed by atoms with Gasteiger partial charge in [-0.25, -0.2) is 0 Å². The summed E-state index contributed by atoms with van der Waals surface area (Å²) in [5.74, 6) is 2.07. The van der Waals surface area contributed by atoms with E-state index in [1.54, 1.807) is 20.3 Å². The van der Waals surface area contributed by atoms with Crippen molar-refractivity contribution in [3.05, 3.63) is 28.2 Å². The van der Waals surface area contributed by atoms with Gasteiger partial charge in [0.2, 0.25) is 5.91 Å². The number of nitrogens with zero attached hydrogens (tertiary/aromatic N) is 1. The molecule has 1 heterocycles. The number of piperidine rings is 1. The molecule has 1 aromatic carbocycles. The normalized spacial score (nSPS) is 16.1. The first-order valence-electron chi connectivity index (χ1n) is 7.43. The highest BCUT2D eigenvalue weighted by Crippen LogP contribution is 2.36. The van der Waals surface area contributed by atoms with Crippen LogP contribution in [0.2, 0.25) is 0 Å². The van der Waals surface area contributed by atoms with Gasteiger partial charge >= 0.3 is 0 Å². The largest absolute Gasteiger partial charge is 0.493 e. The molecular weight excluding hydrogens is 346 g/mol. The van der Waals surface area contributed by atoms with Crippen molar-refractivity contribution < 1.29 is 14.3 Å². The van der Waals surface area contributed by atoms with E-state index in [-0.39, 0.29) is 5.91 Å². The number of rotatable bonds is 4. The van der Waals surface area contributed by atoms with E-state index in [4.69, 9.17) is 9.47 Å². The van der Waals surface area contributed by atoms with Gasteiger partial charge in [0.15, 0.2) is 11.5 Å². The lowest BCUT2D eigenvalue weighted by atomic mass is 9.99. The third kappa shape index (κ3) is 4.03. The van der Waals surface area contributed by atoms with Gasteiger partial charge in [-0.3, -0.25) is 4.79 Å². The van der Waals surface area contributed by atoms with Gasteiger partial charge in [0.25, 0.3) is 0 Å². The van der Waals surface area contributed by atoms with Gasteiger partial charge in [-0.2, -0.15) is 0 Å². The minimum atomic E-state index is 0.0674. The lowest BCUT2D eigenvalue weighted by Crippen LogP contribution is -2.36. The topological polar surface area (TPSA) is 38.8 Å². The molecule has 1 saturated heterocycles. The van der Waals surface area contributed by atoms with Gasteiger partial charge in [0.1, 0.15) is 0 Å². The van der Waals surface area contributed by atoms with E-state index in [2.05, 4.69) is 22.9 Å². The molecule has 0 spiro atoms. The number of halogens is 1. The smallest absolute Gasteiger partial charge is 0.246 e. The molecule has 1 fully saturated rings. The second kappa shape index (κ2) is 7.68. The van der Waals surface area contributed by atoms with Gasteiger partial charge in [-0.1, -0.05) is 6.92 Å². The second-order valence-electron chi connectivity index (χ2n) is 5.58. The van der Waals surface area contributed by atoms with E-state index in [1.165, 1.54) is 0 Å². The molecule has 0 bridgehead atoms. The summed E-state index contributed by atoms with van der Waals surface area (Å²) < 4.78 is 11.4. The number of benzene rings is 1. The summed E-state index contributed by atoms with van der Waals surface area (Å²) in [5, 5.41) is 0. The fraction of sp³-hybridized carbons (Fsp3) is 0.471. The van der Waals surface area contributed by atoms with E-state index in [1.807, 2.05) is 23.1 Å². The first-order chi connectivity index (χ1) is 10.5. The Morgan fingerprint density at radius 2 is 1.95 bits per heavy atom. The third-order valence-corrected chi connectivity index (χ3v) is 4.56. The highest BCUT2D eigenvalue weighted by molar-refractivity contribution is 9.10. The van der Waals surface area contributed by atoms with E-state index in [0.717, 1.165) is 41.9 Å². The maximum absolute atomic E-state index is 12.2. The molecule has 0 N–H and O–H groups in total. The van der Waals surface area contributed by atoms with Gasteiger partial charge in [0, 0.05) is 19.2 Å². The Morgan fingerprint density at radius 1 is 1.27 bits per heavy atom. The minimum Gasteiger partial charge on any atom is -0.493 e. The summed E-state index contributed by atoms with van der Waals surface area (Å²) in [6.07, 6.45) is 5.61. The van der Waals surface area contributed by atoms with Crippen molar-refractivity contribution in [1.82, 2.24) is 4.90 Å². The van der Waals surface area contributed by atoms with Gasteiger partial charge in [0.05, 0.1) is 18.7 Å². The molecule has 0 radical (unpaired) electrons. The average Bonchev–Trinajstić information content (AvgIpc) is 2.52. The zero-order valence-corrected chi connectivity index (χ0v) is 14.9. The van der Waals surface area contributed by atoms with Crippen molar-refractivity contribution in [3.8, 4) is 11.5 Å². The molecule has 0 aliphatic carbocycles. The first kappa shape index (κ1) is 16.9. The Morgan fingerprint density at radius 3 is 2.55 bits per heavy atom. The molecule has 0 atom stereocenters. The van der Waals surface area contributed by atoms with Crippen molar-refractivity contribution in [1.29, 1.82) is 0 Å². The lowest BCUT2D eigenvalue weighted by Gasteiger charge is -2.29. The Balaban J connectivity index is 2.09. The maximum Gasteiger partial charge on any atom is 0.246 e. The molecule has 0 saturated carbocycles. The van der Waals surface area contributed by atoms with E-state index in [9.17, 15) is 4.79 Å². The summed E-state index contributed by atoms with van der Waals surface area (Å²) in [6, 6.07) is 3.76. The van der Waals surface area contributed by atoms with Crippen molar-refractivity contribution in [2.24, 2.45) is 5.92 Å². The molecule has 5 heteroatoms. The van der Waals surface area contributed by atoms with E-state index in [0.29, 0.717) is 11.5 Å². The van der Waals surface area contributed by atoms with Crippen LogP contribution in [0.4, 0.5) is 0 Å². The standard InChI is InChI=1S/C17H22BrNO3/c1-12-6-8-19(9-7-12)16(20)5-4-13-10-14(18)17(22-3)15(11-13)21-2/h4-5,10-12H,6-9H2,1-3H3/b5-4+. The lowest BCUT2D eigenvalue weighted by molar-refractivity contribution is -0.127. The molecule has 1 amide bonds. The maximum atomic E-state index is 12.2. The molecule has 120 valence electrons. The molecule has 0 unspecified atom stereocenters. The van der Waals surface area contributed by atoms with Gasteiger partial charge in [-0.05, 0) is 58.5 Å². The van der Waals surface area contributed by atoms with Crippen LogP contribution < -0.4 is 9.47 Å². The van der Waals surface area contributed by atoms with Crippen LogP contribution in [0.25, 0.3) is 6.08 Å². The summed E-state index contributed by atoms with van der Waals surface area (Å²) in [4.78, 5) is 14.1. The Hall–Kier alpha value is -1.49. The predicted molar refractivity (Wildman–Crippen MR) is 91.3 cm³/mol. The second-order valence-corrected chi connectivity index (χ2v) is 6.43. The molecule has 1 aromatic rings. The SMILES string of the molecule is COc1cc(/C=C/C(=O)N2CCC(C)CC2)cc(Br)c1OC. The molecule has 2 rings (SSSR count). The fourth-order valence-electron chi connectivity index (χ4n) is 2.54. The van der Waals surface area contributed by atoms with Gasteiger partial charge in [-0.15, -0.1) is 0 Å². The van der Waals surface area contributed by atoms with Crippen molar-refractivity contribution in [3.63, 3.8) is 0 Å². The van der Waals surface area contributed by atoms with Crippen LogP contribution in [0.1, 0.15) is 25.3 Å². The number of amides is 1. The van der Waals surface area contributed by atoms with Crippen molar-refractivity contribution >= 4 is 27.9 Å². The van der Waals surface area contributed by atoms with E-state index >= 15 is 0 Å². The number of likely N-dealkylation sites (tertiary alicyclic amines) is 1. The molecule has 1 aliphatic heterocycles. The Labute approximate surface area is 140 Å². The summed E-state index contributed by atoms with van der Waals surface area (Å²) in [6.45, 7) is 3.93.